The van der Waals surface area contributed by atoms with E-state index in [0.717, 1.165) is 18.1 Å². The number of hydrogen-bond acceptors (Lipinski definition) is 3. The highest BCUT2D eigenvalue weighted by molar-refractivity contribution is 7.71. The van der Waals surface area contributed by atoms with Crippen LogP contribution in [0.25, 0.3) is 5.69 Å². The second kappa shape index (κ2) is 6.54. The van der Waals surface area contributed by atoms with Gasteiger partial charge in [-0.25, -0.2) is 4.98 Å². The fraction of sp³-hybridized carbons (Fsp3) is 0.111. The maximum atomic E-state index is 5.40. The van der Waals surface area contributed by atoms with Crippen LogP contribution in [0.15, 0.2) is 66.9 Å². The fourth-order valence-electron chi connectivity index (χ4n) is 2.19. The highest BCUT2D eigenvalue weighted by Crippen LogP contribution is 2.12. The Hall–Kier alpha value is -2.46. The zero-order valence-corrected chi connectivity index (χ0v) is 13.2. The highest BCUT2D eigenvalue weighted by Gasteiger charge is 2.00. The van der Waals surface area contributed by atoms with Gasteiger partial charge in [-0.15, -0.1) is 0 Å². The monoisotopic (exact) mass is 307 g/mol. The van der Waals surface area contributed by atoms with E-state index >= 15 is 0 Å². The van der Waals surface area contributed by atoms with E-state index in [2.05, 4.69) is 41.5 Å². The average molecular weight is 307 g/mol. The van der Waals surface area contributed by atoms with E-state index in [1.54, 1.807) is 0 Å². The molecule has 0 fully saturated rings. The summed E-state index contributed by atoms with van der Waals surface area (Å²) in [4.78, 5) is 4.45. The van der Waals surface area contributed by atoms with E-state index < -0.39 is 0 Å². The molecular weight excluding hydrogens is 290 g/mol. The molecule has 0 aliphatic carbocycles. The number of benzene rings is 2. The molecule has 0 saturated carbocycles. The number of rotatable bonds is 4. The average Bonchev–Trinajstić information content (AvgIpc) is 2.55. The molecule has 0 aliphatic heterocycles. The lowest BCUT2D eigenvalue weighted by atomic mass is 10.2. The lowest BCUT2D eigenvalue weighted by molar-refractivity contribution is 0.948. The molecule has 0 atom stereocenters. The molecular formula is C18H17N3S. The SMILES string of the molecule is Cc1ccc(-n2ccc(NCc3ccccc3)nc2=S)cc1. The van der Waals surface area contributed by atoms with Crippen molar-refractivity contribution in [1.82, 2.24) is 9.55 Å². The summed E-state index contributed by atoms with van der Waals surface area (Å²) in [6.45, 7) is 2.80. The molecule has 4 heteroatoms. The van der Waals surface area contributed by atoms with Crippen LogP contribution < -0.4 is 5.32 Å². The summed E-state index contributed by atoms with van der Waals surface area (Å²) >= 11 is 5.40. The van der Waals surface area contributed by atoms with E-state index in [1.807, 2.05) is 47.2 Å². The van der Waals surface area contributed by atoms with Crippen LogP contribution in [0.5, 0.6) is 0 Å². The molecule has 3 rings (SSSR count). The van der Waals surface area contributed by atoms with Crippen molar-refractivity contribution in [2.45, 2.75) is 13.5 Å². The summed E-state index contributed by atoms with van der Waals surface area (Å²) < 4.78 is 2.45. The van der Waals surface area contributed by atoms with E-state index in [-0.39, 0.29) is 0 Å². The number of anilines is 1. The van der Waals surface area contributed by atoms with Crippen LogP contribution in [0.2, 0.25) is 0 Å². The minimum atomic E-state index is 0.543. The van der Waals surface area contributed by atoms with Crippen molar-refractivity contribution in [3.8, 4) is 5.69 Å². The van der Waals surface area contributed by atoms with Gasteiger partial charge in [0, 0.05) is 18.4 Å². The Bertz CT molecular complexity index is 808. The number of aromatic nitrogens is 2. The second-order valence-corrected chi connectivity index (χ2v) is 5.51. The Morgan fingerprint density at radius 2 is 1.73 bits per heavy atom. The van der Waals surface area contributed by atoms with Crippen LogP contribution >= 0.6 is 12.2 Å². The van der Waals surface area contributed by atoms with Gasteiger partial charge >= 0.3 is 0 Å². The van der Waals surface area contributed by atoms with Gasteiger partial charge in [0.25, 0.3) is 0 Å². The summed E-state index contributed by atoms with van der Waals surface area (Å²) in [5.41, 5.74) is 3.47. The summed E-state index contributed by atoms with van der Waals surface area (Å²) in [7, 11) is 0. The van der Waals surface area contributed by atoms with Crippen molar-refractivity contribution in [2.75, 3.05) is 5.32 Å². The van der Waals surface area contributed by atoms with Crippen molar-refractivity contribution in [2.24, 2.45) is 0 Å². The topological polar surface area (TPSA) is 29.9 Å². The molecule has 110 valence electrons. The standard InChI is InChI=1S/C18H17N3S/c1-14-7-9-16(10-8-14)21-12-11-17(20-18(21)22)19-13-15-5-3-2-4-6-15/h2-12H,13H2,1H3,(H,19,20,22). The molecule has 0 unspecified atom stereocenters. The Morgan fingerprint density at radius 3 is 2.41 bits per heavy atom. The van der Waals surface area contributed by atoms with Gasteiger partial charge < -0.3 is 5.32 Å². The molecule has 0 spiro atoms. The predicted molar refractivity (Wildman–Crippen MR) is 92.9 cm³/mol. The third kappa shape index (κ3) is 3.40. The largest absolute Gasteiger partial charge is 0.366 e. The van der Waals surface area contributed by atoms with Gasteiger partial charge in [-0.2, -0.15) is 0 Å². The molecule has 0 radical (unpaired) electrons. The lowest BCUT2D eigenvalue weighted by Crippen LogP contribution is -2.05. The van der Waals surface area contributed by atoms with Crippen molar-refractivity contribution < 1.29 is 0 Å². The van der Waals surface area contributed by atoms with Gasteiger partial charge in [0.1, 0.15) is 5.82 Å². The minimum absolute atomic E-state index is 0.543. The zero-order valence-electron chi connectivity index (χ0n) is 12.4. The molecule has 22 heavy (non-hydrogen) atoms. The molecule has 1 aromatic heterocycles. The molecule has 1 N–H and O–H groups in total. The number of hydrogen-bond donors (Lipinski definition) is 1. The van der Waals surface area contributed by atoms with Gasteiger partial charge in [0.05, 0.1) is 0 Å². The molecule has 0 bridgehead atoms. The smallest absolute Gasteiger partial charge is 0.206 e. The predicted octanol–water partition coefficient (Wildman–Crippen LogP) is 4.52. The first-order valence-electron chi connectivity index (χ1n) is 7.17. The lowest BCUT2D eigenvalue weighted by Gasteiger charge is -2.10. The van der Waals surface area contributed by atoms with Crippen LogP contribution in [-0.2, 0) is 6.54 Å². The summed E-state index contributed by atoms with van der Waals surface area (Å²) in [5, 5.41) is 3.30. The quantitative estimate of drug-likeness (QED) is 0.719. The van der Waals surface area contributed by atoms with Crippen LogP contribution in [-0.4, -0.2) is 9.55 Å². The van der Waals surface area contributed by atoms with Gasteiger partial charge in [-0.1, -0.05) is 48.0 Å². The summed E-state index contributed by atoms with van der Waals surface area (Å²) in [6, 6.07) is 20.4. The van der Waals surface area contributed by atoms with Crippen molar-refractivity contribution in [3.05, 3.63) is 82.8 Å². The highest BCUT2D eigenvalue weighted by atomic mass is 32.1. The number of aryl methyl sites for hydroxylation is 1. The maximum Gasteiger partial charge on any atom is 0.206 e. The van der Waals surface area contributed by atoms with Crippen LogP contribution in [0.1, 0.15) is 11.1 Å². The molecule has 2 aromatic carbocycles. The normalized spacial score (nSPS) is 10.4. The van der Waals surface area contributed by atoms with E-state index in [0.29, 0.717) is 4.77 Å². The van der Waals surface area contributed by atoms with E-state index in [9.17, 15) is 0 Å². The molecule has 3 aromatic rings. The third-order valence-corrected chi connectivity index (χ3v) is 3.72. The Labute approximate surface area is 135 Å². The Balaban J connectivity index is 1.77. The molecule has 0 amide bonds. The van der Waals surface area contributed by atoms with Crippen LogP contribution in [0, 0.1) is 11.7 Å². The van der Waals surface area contributed by atoms with Crippen molar-refractivity contribution >= 4 is 18.0 Å². The summed E-state index contributed by atoms with van der Waals surface area (Å²) in [5.74, 6) is 0.789. The van der Waals surface area contributed by atoms with Crippen molar-refractivity contribution in [3.63, 3.8) is 0 Å². The zero-order chi connectivity index (χ0) is 15.4. The van der Waals surface area contributed by atoms with E-state index in [1.165, 1.54) is 11.1 Å². The Morgan fingerprint density at radius 1 is 1.00 bits per heavy atom. The maximum absolute atomic E-state index is 5.40. The first kappa shape index (κ1) is 14.5. The first-order chi connectivity index (χ1) is 10.7. The van der Waals surface area contributed by atoms with Gasteiger partial charge in [-0.05, 0) is 42.9 Å². The van der Waals surface area contributed by atoms with Gasteiger partial charge in [-0.3, -0.25) is 4.57 Å². The van der Waals surface area contributed by atoms with Crippen LogP contribution in [0.3, 0.4) is 0 Å². The molecule has 0 aliphatic rings. The van der Waals surface area contributed by atoms with E-state index in [4.69, 9.17) is 12.2 Å². The second-order valence-electron chi connectivity index (χ2n) is 5.14. The first-order valence-corrected chi connectivity index (χ1v) is 7.58. The fourth-order valence-corrected chi connectivity index (χ4v) is 2.46. The number of nitrogens with one attached hydrogen (secondary N) is 1. The molecule has 0 saturated heterocycles. The van der Waals surface area contributed by atoms with Crippen molar-refractivity contribution in [1.29, 1.82) is 0 Å². The number of nitrogens with zero attached hydrogens (tertiary/aromatic N) is 2. The van der Waals surface area contributed by atoms with Gasteiger partial charge in [0.15, 0.2) is 0 Å². The molecule has 3 nitrogen and oxygen atoms in total. The Kier molecular flexibility index (Phi) is 4.30. The minimum Gasteiger partial charge on any atom is -0.366 e. The third-order valence-electron chi connectivity index (χ3n) is 3.43. The van der Waals surface area contributed by atoms with Gasteiger partial charge in [0.2, 0.25) is 4.77 Å². The summed E-state index contributed by atoms with van der Waals surface area (Å²) in [6.07, 6.45) is 1.95. The molecule has 1 heterocycles. The van der Waals surface area contributed by atoms with Crippen LogP contribution in [0.4, 0.5) is 5.82 Å².